The molecule has 4 nitrogen and oxygen atoms in total. The van der Waals surface area contributed by atoms with E-state index in [0.717, 1.165) is 38.0 Å². The zero-order valence-corrected chi connectivity index (χ0v) is 13.1. The Hall–Kier alpha value is -1.55. The molecule has 1 aromatic carbocycles. The molecule has 1 N–H and O–H groups in total. The Bertz CT molecular complexity index is 441. The van der Waals surface area contributed by atoms with Gasteiger partial charge in [0, 0.05) is 7.05 Å². The molecule has 1 aromatic rings. The number of carbonyl (C=O) groups is 1. The number of para-hydroxylation sites is 1. The van der Waals surface area contributed by atoms with Crippen LogP contribution in [0.5, 0.6) is 5.75 Å². The fraction of sp³-hybridized carbons (Fsp3) is 0.588. The summed E-state index contributed by atoms with van der Waals surface area (Å²) in [6.45, 7) is 4.21. The van der Waals surface area contributed by atoms with Crippen molar-refractivity contribution in [3.05, 3.63) is 30.3 Å². The monoisotopic (exact) mass is 290 g/mol. The van der Waals surface area contributed by atoms with Crippen LogP contribution in [0.2, 0.25) is 0 Å². The predicted octanol–water partition coefficient (Wildman–Crippen LogP) is 2.45. The van der Waals surface area contributed by atoms with Crippen LogP contribution in [0.4, 0.5) is 0 Å². The minimum absolute atomic E-state index is 0.207. The van der Waals surface area contributed by atoms with Crippen molar-refractivity contribution in [1.29, 1.82) is 0 Å². The van der Waals surface area contributed by atoms with E-state index in [1.54, 1.807) is 4.90 Å². The maximum absolute atomic E-state index is 12.7. The Morgan fingerprint density at radius 2 is 2.14 bits per heavy atom. The predicted molar refractivity (Wildman–Crippen MR) is 84.4 cm³/mol. The van der Waals surface area contributed by atoms with E-state index in [4.69, 9.17) is 4.74 Å². The lowest BCUT2D eigenvalue weighted by molar-refractivity contribution is -0.137. The highest BCUT2D eigenvalue weighted by molar-refractivity contribution is 5.86. The van der Waals surface area contributed by atoms with Crippen molar-refractivity contribution in [2.75, 3.05) is 26.7 Å². The Morgan fingerprint density at radius 1 is 1.38 bits per heavy atom. The van der Waals surface area contributed by atoms with Crippen molar-refractivity contribution in [3.8, 4) is 5.75 Å². The van der Waals surface area contributed by atoms with Gasteiger partial charge in [-0.05, 0) is 37.9 Å². The molecule has 1 amide bonds. The lowest BCUT2D eigenvalue weighted by atomic mass is 9.90. The SMILES string of the molecule is CCCC1(C(=O)N(C)CCOc2ccccc2)CCCN1. The quantitative estimate of drug-likeness (QED) is 0.838. The highest BCUT2D eigenvalue weighted by atomic mass is 16.5. The number of nitrogens with zero attached hydrogens (tertiary/aromatic N) is 1. The van der Waals surface area contributed by atoms with Gasteiger partial charge in [-0.1, -0.05) is 31.5 Å². The van der Waals surface area contributed by atoms with Gasteiger partial charge in [-0.3, -0.25) is 4.79 Å². The Labute approximate surface area is 127 Å². The van der Waals surface area contributed by atoms with Crippen molar-refractivity contribution < 1.29 is 9.53 Å². The summed E-state index contributed by atoms with van der Waals surface area (Å²) in [5.74, 6) is 1.05. The van der Waals surface area contributed by atoms with Crippen molar-refractivity contribution >= 4 is 5.91 Å². The third-order valence-corrected chi connectivity index (χ3v) is 4.12. The third-order valence-electron chi connectivity index (χ3n) is 4.12. The number of carbonyl (C=O) groups excluding carboxylic acids is 1. The van der Waals surface area contributed by atoms with E-state index in [0.29, 0.717) is 13.2 Å². The fourth-order valence-corrected chi connectivity index (χ4v) is 3.02. The molecule has 21 heavy (non-hydrogen) atoms. The second-order valence-corrected chi connectivity index (χ2v) is 5.75. The standard InChI is InChI=1S/C17H26N2O2/c1-3-10-17(11-7-12-18-17)16(20)19(2)13-14-21-15-8-5-4-6-9-15/h4-6,8-9,18H,3,7,10-14H2,1-2H3. The van der Waals surface area contributed by atoms with E-state index in [2.05, 4.69) is 12.2 Å². The molecule has 0 bridgehead atoms. The van der Waals surface area contributed by atoms with Crippen LogP contribution < -0.4 is 10.1 Å². The number of hydrogen-bond acceptors (Lipinski definition) is 3. The summed E-state index contributed by atoms with van der Waals surface area (Å²) in [7, 11) is 1.87. The Balaban J connectivity index is 1.84. The van der Waals surface area contributed by atoms with Gasteiger partial charge in [0.25, 0.3) is 0 Å². The molecule has 1 heterocycles. The normalized spacial score (nSPS) is 21.2. The average Bonchev–Trinajstić information content (AvgIpc) is 2.97. The molecule has 1 unspecified atom stereocenters. The fourth-order valence-electron chi connectivity index (χ4n) is 3.02. The first kappa shape index (κ1) is 15.8. The molecule has 2 rings (SSSR count). The lowest BCUT2D eigenvalue weighted by Crippen LogP contribution is -2.54. The van der Waals surface area contributed by atoms with E-state index in [1.807, 2.05) is 37.4 Å². The summed E-state index contributed by atoms with van der Waals surface area (Å²) in [5.41, 5.74) is -0.337. The minimum Gasteiger partial charge on any atom is -0.492 e. The number of rotatable bonds is 7. The van der Waals surface area contributed by atoms with Crippen LogP contribution in [-0.2, 0) is 4.79 Å². The van der Waals surface area contributed by atoms with Gasteiger partial charge >= 0.3 is 0 Å². The second-order valence-electron chi connectivity index (χ2n) is 5.75. The summed E-state index contributed by atoms with van der Waals surface area (Å²) in [5, 5.41) is 3.43. The Morgan fingerprint density at radius 3 is 2.76 bits per heavy atom. The highest BCUT2D eigenvalue weighted by Crippen LogP contribution is 2.26. The van der Waals surface area contributed by atoms with Crippen LogP contribution in [0.1, 0.15) is 32.6 Å². The zero-order valence-electron chi connectivity index (χ0n) is 13.1. The van der Waals surface area contributed by atoms with Gasteiger partial charge in [0.05, 0.1) is 12.1 Å². The number of ether oxygens (including phenoxy) is 1. The van der Waals surface area contributed by atoms with Crippen molar-refractivity contribution in [2.24, 2.45) is 0 Å². The second kappa shape index (κ2) is 7.46. The van der Waals surface area contributed by atoms with E-state index in [9.17, 15) is 4.79 Å². The molecule has 1 atom stereocenters. The van der Waals surface area contributed by atoms with Gasteiger partial charge < -0.3 is 15.0 Å². The van der Waals surface area contributed by atoms with Crippen molar-refractivity contribution in [2.45, 2.75) is 38.1 Å². The molecule has 1 fully saturated rings. The van der Waals surface area contributed by atoms with E-state index in [-0.39, 0.29) is 11.4 Å². The molecule has 0 radical (unpaired) electrons. The molecule has 1 aliphatic rings. The summed E-state index contributed by atoms with van der Waals surface area (Å²) in [6.07, 6.45) is 3.96. The van der Waals surface area contributed by atoms with Crippen LogP contribution in [0.25, 0.3) is 0 Å². The first-order valence-corrected chi connectivity index (χ1v) is 7.86. The number of likely N-dealkylation sites (N-methyl/N-ethyl adjacent to an activating group) is 1. The van der Waals surface area contributed by atoms with Gasteiger partial charge in [-0.25, -0.2) is 0 Å². The van der Waals surface area contributed by atoms with Crippen molar-refractivity contribution in [1.82, 2.24) is 10.2 Å². The molecule has 0 spiro atoms. The molecule has 0 aliphatic carbocycles. The van der Waals surface area contributed by atoms with Gasteiger partial charge in [0.15, 0.2) is 0 Å². The number of nitrogens with one attached hydrogen (secondary N) is 1. The summed E-state index contributed by atoms with van der Waals surface area (Å²) in [6, 6.07) is 9.71. The lowest BCUT2D eigenvalue weighted by Gasteiger charge is -2.32. The van der Waals surface area contributed by atoms with Gasteiger partial charge in [0.2, 0.25) is 5.91 Å². The highest BCUT2D eigenvalue weighted by Gasteiger charge is 2.41. The minimum atomic E-state index is -0.337. The summed E-state index contributed by atoms with van der Waals surface area (Å²) >= 11 is 0. The van der Waals surface area contributed by atoms with E-state index < -0.39 is 0 Å². The van der Waals surface area contributed by atoms with Crippen molar-refractivity contribution in [3.63, 3.8) is 0 Å². The maximum Gasteiger partial charge on any atom is 0.242 e. The Kier molecular flexibility index (Phi) is 5.62. The van der Waals surface area contributed by atoms with Gasteiger partial charge in [-0.2, -0.15) is 0 Å². The first-order valence-electron chi connectivity index (χ1n) is 7.86. The maximum atomic E-state index is 12.7. The van der Waals surface area contributed by atoms with Gasteiger partial charge in [-0.15, -0.1) is 0 Å². The van der Waals surface area contributed by atoms with E-state index in [1.165, 1.54) is 0 Å². The largest absolute Gasteiger partial charge is 0.492 e. The topological polar surface area (TPSA) is 41.6 Å². The number of hydrogen-bond donors (Lipinski definition) is 1. The molecule has 0 aromatic heterocycles. The van der Waals surface area contributed by atoms with Crippen LogP contribution >= 0.6 is 0 Å². The van der Waals surface area contributed by atoms with Crippen LogP contribution in [0.15, 0.2) is 30.3 Å². The molecule has 0 saturated carbocycles. The number of amides is 1. The van der Waals surface area contributed by atoms with Crippen LogP contribution in [0.3, 0.4) is 0 Å². The number of benzene rings is 1. The molecule has 1 aliphatic heterocycles. The average molecular weight is 290 g/mol. The van der Waals surface area contributed by atoms with Gasteiger partial charge in [0.1, 0.15) is 12.4 Å². The first-order chi connectivity index (χ1) is 10.2. The summed E-state index contributed by atoms with van der Waals surface area (Å²) < 4.78 is 5.67. The molecule has 4 heteroatoms. The van der Waals surface area contributed by atoms with E-state index >= 15 is 0 Å². The molecule has 1 saturated heterocycles. The smallest absolute Gasteiger partial charge is 0.242 e. The summed E-state index contributed by atoms with van der Waals surface area (Å²) in [4.78, 5) is 14.5. The van der Waals surface area contributed by atoms with Crippen LogP contribution in [-0.4, -0.2) is 43.1 Å². The molecular weight excluding hydrogens is 264 g/mol. The molecule has 116 valence electrons. The van der Waals surface area contributed by atoms with Crippen LogP contribution in [0, 0.1) is 0 Å². The molecular formula is C17H26N2O2. The zero-order chi connectivity index (χ0) is 15.1. The third kappa shape index (κ3) is 3.97.